The summed E-state index contributed by atoms with van der Waals surface area (Å²) < 4.78 is 27.2. The number of anilines is 1. The third-order valence-electron chi connectivity index (χ3n) is 4.23. The lowest BCUT2D eigenvalue weighted by atomic mass is 10.0. The summed E-state index contributed by atoms with van der Waals surface area (Å²) in [5, 5.41) is 12.6. The van der Waals surface area contributed by atoms with E-state index in [-0.39, 0.29) is 16.5 Å². The van der Waals surface area contributed by atoms with Crippen molar-refractivity contribution in [2.45, 2.75) is 35.6 Å². The number of carbonyl (C=O) groups excluding carboxylic acids is 1. The normalized spacial score (nSPS) is 14.2. The van der Waals surface area contributed by atoms with Gasteiger partial charge in [-0.2, -0.15) is 10.2 Å². The first-order valence-corrected chi connectivity index (χ1v) is 11.1. The van der Waals surface area contributed by atoms with E-state index in [2.05, 4.69) is 26.2 Å². The number of terminal acetylenes is 1. The highest BCUT2D eigenvalue weighted by Gasteiger charge is 2.38. The number of rotatable bonds is 10. The molecule has 1 aliphatic heterocycles. The smallest absolute Gasteiger partial charge is 0.271 e. The third-order valence-corrected chi connectivity index (χ3v) is 7.01. The van der Waals surface area contributed by atoms with Crippen LogP contribution in [0.4, 0.5) is 5.69 Å². The second-order valence-corrected chi connectivity index (χ2v) is 9.25. The summed E-state index contributed by atoms with van der Waals surface area (Å²) in [6.45, 7) is 0.481. The topological polar surface area (TPSA) is 100.0 Å². The number of hydrogen-bond acceptors (Lipinski definition) is 6. The monoisotopic (exact) mass is 416 g/mol. The molecule has 0 atom stereocenters. The van der Waals surface area contributed by atoms with Gasteiger partial charge in [0.25, 0.3) is 10.0 Å². The van der Waals surface area contributed by atoms with E-state index in [9.17, 15) is 13.2 Å². The van der Waals surface area contributed by atoms with Crippen molar-refractivity contribution >= 4 is 33.0 Å². The number of benzene rings is 1. The molecular formula is C19H20N4O3S2. The zero-order chi connectivity index (χ0) is 20.0. The zero-order valence-electron chi connectivity index (χ0n) is 15.1. The van der Waals surface area contributed by atoms with Crippen LogP contribution in [0.15, 0.2) is 56.2 Å². The van der Waals surface area contributed by atoms with E-state index < -0.39 is 15.7 Å². The Hall–Kier alpha value is -2.70. The van der Waals surface area contributed by atoms with Gasteiger partial charge in [0.2, 0.25) is 5.91 Å². The van der Waals surface area contributed by atoms with Gasteiger partial charge < -0.3 is 5.32 Å². The molecule has 0 spiro atoms. The van der Waals surface area contributed by atoms with Gasteiger partial charge in [0, 0.05) is 31.5 Å². The number of thiophene rings is 1. The van der Waals surface area contributed by atoms with Gasteiger partial charge in [-0.15, -0.1) is 23.7 Å². The van der Waals surface area contributed by atoms with Crippen molar-refractivity contribution in [1.82, 2.24) is 5.32 Å². The average molecular weight is 417 g/mol. The molecule has 0 fully saturated rings. The van der Waals surface area contributed by atoms with Crippen molar-refractivity contribution in [3.63, 3.8) is 0 Å². The Morgan fingerprint density at radius 3 is 2.54 bits per heavy atom. The number of hydrogen-bond donors (Lipinski definition) is 2. The predicted octanol–water partition coefficient (Wildman–Crippen LogP) is 3.17. The van der Waals surface area contributed by atoms with Crippen molar-refractivity contribution in [1.29, 1.82) is 0 Å². The highest BCUT2D eigenvalue weighted by molar-refractivity contribution is 7.94. The van der Waals surface area contributed by atoms with E-state index in [1.807, 2.05) is 0 Å². The second kappa shape index (κ2) is 8.54. The van der Waals surface area contributed by atoms with Crippen molar-refractivity contribution in [3.05, 3.63) is 47.3 Å². The summed E-state index contributed by atoms with van der Waals surface area (Å²) in [5.41, 5.74) is 0.838. The zero-order valence-corrected chi connectivity index (χ0v) is 16.7. The molecule has 2 heterocycles. The van der Waals surface area contributed by atoms with Gasteiger partial charge in [-0.05, 0) is 29.1 Å². The Morgan fingerprint density at radius 1 is 1.18 bits per heavy atom. The molecule has 0 unspecified atom stereocenters. The molecule has 1 aromatic carbocycles. The summed E-state index contributed by atoms with van der Waals surface area (Å²) in [6, 6.07) is 9.97. The summed E-state index contributed by atoms with van der Waals surface area (Å²) in [6.07, 6.45) is 7.43. The third kappa shape index (κ3) is 5.41. The van der Waals surface area contributed by atoms with Crippen molar-refractivity contribution in [2.75, 3.05) is 11.3 Å². The van der Waals surface area contributed by atoms with Gasteiger partial charge in [-0.25, -0.2) is 8.42 Å². The molecule has 0 aliphatic carbocycles. The van der Waals surface area contributed by atoms with Crippen LogP contribution < -0.4 is 10.0 Å². The quantitative estimate of drug-likeness (QED) is 0.582. The molecule has 0 saturated heterocycles. The molecule has 0 radical (unpaired) electrons. The van der Waals surface area contributed by atoms with Crippen LogP contribution >= 0.6 is 11.3 Å². The molecule has 7 nitrogen and oxygen atoms in total. The summed E-state index contributed by atoms with van der Waals surface area (Å²) in [4.78, 5) is 12.1. The van der Waals surface area contributed by atoms with Gasteiger partial charge in [0.15, 0.2) is 5.66 Å². The van der Waals surface area contributed by atoms with Gasteiger partial charge >= 0.3 is 0 Å². The Bertz CT molecular complexity index is 985. The number of nitrogens with zero attached hydrogens (tertiary/aromatic N) is 2. The van der Waals surface area contributed by atoms with Crippen LogP contribution in [0.25, 0.3) is 0 Å². The van der Waals surface area contributed by atoms with E-state index in [4.69, 9.17) is 6.42 Å². The minimum Gasteiger partial charge on any atom is -0.356 e. The fourth-order valence-electron chi connectivity index (χ4n) is 2.63. The van der Waals surface area contributed by atoms with Crippen LogP contribution in [0, 0.1) is 12.3 Å². The molecule has 0 saturated carbocycles. The van der Waals surface area contributed by atoms with E-state index in [0.29, 0.717) is 31.5 Å². The lowest BCUT2D eigenvalue weighted by Crippen LogP contribution is -2.29. The minimum absolute atomic E-state index is 0.111. The fraction of sp³-hybridized carbons (Fsp3) is 0.316. The maximum Gasteiger partial charge on any atom is 0.271 e. The van der Waals surface area contributed by atoms with Crippen LogP contribution in [0.3, 0.4) is 0 Å². The number of nitrogens with one attached hydrogen (secondary N) is 2. The molecule has 9 heteroatoms. The highest BCUT2D eigenvalue weighted by atomic mass is 32.2. The Labute approximate surface area is 168 Å². The molecule has 3 rings (SSSR count). The van der Waals surface area contributed by atoms with Crippen LogP contribution in [0.2, 0.25) is 0 Å². The maximum atomic E-state index is 12.2. The molecule has 1 aromatic heterocycles. The number of amides is 1. The maximum absolute atomic E-state index is 12.2. The summed E-state index contributed by atoms with van der Waals surface area (Å²) in [7, 11) is -3.57. The van der Waals surface area contributed by atoms with E-state index in [0.717, 1.165) is 16.9 Å². The Morgan fingerprint density at radius 2 is 1.93 bits per heavy atom. The largest absolute Gasteiger partial charge is 0.356 e. The molecular weight excluding hydrogens is 396 g/mol. The Kier molecular flexibility index (Phi) is 6.11. The van der Waals surface area contributed by atoms with Gasteiger partial charge in [-0.3, -0.25) is 9.52 Å². The Balaban J connectivity index is 1.45. The van der Waals surface area contributed by atoms with E-state index in [1.165, 1.54) is 0 Å². The lowest BCUT2D eigenvalue weighted by Gasteiger charge is -2.10. The average Bonchev–Trinajstić information content (AvgIpc) is 3.19. The second-order valence-electron chi connectivity index (χ2n) is 6.40. The van der Waals surface area contributed by atoms with Crippen molar-refractivity contribution in [2.24, 2.45) is 10.2 Å². The first-order chi connectivity index (χ1) is 13.4. The van der Waals surface area contributed by atoms with Gasteiger partial charge in [0.1, 0.15) is 4.21 Å². The number of carbonyl (C=O) groups is 1. The molecule has 28 heavy (non-hydrogen) atoms. The van der Waals surface area contributed by atoms with Crippen LogP contribution in [-0.2, 0) is 21.2 Å². The highest BCUT2D eigenvalue weighted by Crippen LogP contribution is 2.36. The number of sulfonamides is 1. The SMILES string of the molecule is C#CCCC1(CCNC(=O)Cc2ccc(NS(=O)(=O)c3cccs3)cc2)N=N1. The molecule has 1 aliphatic rings. The molecule has 2 N–H and O–H groups in total. The van der Waals surface area contributed by atoms with E-state index in [1.54, 1.807) is 41.8 Å². The molecule has 146 valence electrons. The first-order valence-electron chi connectivity index (χ1n) is 8.72. The first kappa shape index (κ1) is 20.0. The van der Waals surface area contributed by atoms with Gasteiger partial charge in [-0.1, -0.05) is 18.2 Å². The van der Waals surface area contributed by atoms with Gasteiger partial charge in [0.05, 0.1) is 6.42 Å². The molecule has 2 aromatic rings. The van der Waals surface area contributed by atoms with E-state index >= 15 is 0 Å². The lowest BCUT2D eigenvalue weighted by molar-refractivity contribution is -0.120. The molecule has 1 amide bonds. The van der Waals surface area contributed by atoms with Crippen LogP contribution in [0.1, 0.15) is 24.8 Å². The van der Waals surface area contributed by atoms with Crippen LogP contribution in [-0.4, -0.2) is 26.5 Å². The fourth-order valence-corrected chi connectivity index (χ4v) is 4.68. The standard InChI is InChI=1S/C19H20N4O3S2/c1-2-3-10-19(22-23-19)11-12-20-17(24)14-15-6-8-16(9-7-15)21-28(25,26)18-5-4-13-27-18/h1,4-9,13,21H,3,10-12,14H2,(H,20,24). The van der Waals surface area contributed by atoms with Crippen molar-refractivity contribution < 1.29 is 13.2 Å². The minimum atomic E-state index is -3.57. The summed E-state index contributed by atoms with van der Waals surface area (Å²) >= 11 is 1.15. The summed E-state index contributed by atoms with van der Waals surface area (Å²) in [5.74, 6) is 2.46. The predicted molar refractivity (Wildman–Crippen MR) is 109 cm³/mol. The van der Waals surface area contributed by atoms with Crippen LogP contribution in [0.5, 0.6) is 0 Å². The van der Waals surface area contributed by atoms with Crippen molar-refractivity contribution in [3.8, 4) is 12.3 Å². The molecule has 0 bridgehead atoms.